The summed E-state index contributed by atoms with van der Waals surface area (Å²) in [5.41, 5.74) is 6.49. The van der Waals surface area contributed by atoms with E-state index in [-0.39, 0.29) is 5.91 Å². The molecule has 0 bridgehead atoms. The van der Waals surface area contributed by atoms with Crippen LogP contribution in [-0.2, 0) is 17.6 Å². The van der Waals surface area contributed by atoms with Crippen molar-refractivity contribution in [3.05, 3.63) is 82.5 Å². The lowest BCUT2D eigenvalue weighted by Crippen LogP contribution is -2.33. The number of carbonyl (C=O) groups is 1. The van der Waals surface area contributed by atoms with Gasteiger partial charge < -0.3 is 0 Å². The minimum atomic E-state index is -0.398. The van der Waals surface area contributed by atoms with Crippen LogP contribution in [0.5, 0.6) is 0 Å². The summed E-state index contributed by atoms with van der Waals surface area (Å²) in [6, 6.07) is 20.4. The summed E-state index contributed by atoms with van der Waals surface area (Å²) in [5.74, 6) is -0.00773. The quantitative estimate of drug-likeness (QED) is 0.531. The Bertz CT molecular complexity index is 1120. The Kier molecular flexibility index (Phi) is 5.61. The molecule has 0 fully saturated rings. The van der Waals surface area contributed by atoms with E-state index in [0.29, 0.717) is 10.6 Å². The number of nitrogens with zero attached hydrogens (tertiary/aromatic N) is 3. The van der Waals surface area contributed by atoms with E-state index in [0.717, 1.165) is 35.5 Å². The number of para-hydroxylation sites is 2. The predicted molar refractivity (Wildman–Crippen MR) is 121 cm³/mol. The van der Waals surface area contributed by atoms with Crippen molar-refractivity contribution in [1.29, 1.82) is 5.26 Å². The number of thioether (sulfide) groups is 1. The van der Waals surface area contributed by atoms with Gasteiger partial charge in [-0.3, -0.25) is 9.69 Å². The average Bonchev–Trinajstić information content (AvgIpc) is 2.90. The van der Waals surface area contributed by atoms with Gasteiger partial charge in [-0.15, -0.1) is 0 Å². The number of aromatic nitrogens is 1. The number of fused-ring (bicyclic) bond motifs is 2. The van der Waals surface area contributed by atoms with Crippen LogP contribution in [0.2, 0.25) is 0 Å². The van der Waals surface area contributed by atoms with Crippen LogP contribution < -0.4 is 4.90 Å². The highest BCUT2D eigenvalue weighted by Gasteiger charge is 2.30. The minimum absolute atomic E-state index is 0.00773. The van der Waals surface area contributed by atoms with E-state index in [9.17, 15) is 10.1 Å². The molecule has 2 aromatic carbocycles. The molecule has 1 amide bonds. The molecular formula is C25H23N3OS. The number of hydrogen-bond acceptors (Lipinski definition) is 4. The van der Waals surface area contributed by atoms with Crippen molar-refractivity contribution in [3.8, 4) is 6.07 Å². The van der Waals surface area contributed by atoms with Gasteiger partial charge in [-0.05, 0) is 68.5 Å². The van der Waals surface area contributed by atoms with Gasteiger partial charge in [0.1, 0.15) is 11.1 Å². The Hall–Kier alpha value is -3.10. The minimum Gasteiger partial charge on any atom is -0.280 e. The zero-order valence-corrected chi connectivity index (χ0v) is 18.2. The Morgan fingerprint density at radius 3 is 2.20 bits per heavy atom. The van der Waals surface area contributed by atoms with E-state index in [2.05, 4.69) is 23.2 Å². The van der Waals surface area contributed by atoms with E-state index < -0.39 is 5.25 Å². The van der Waals surface area contributed by atoms with E-state index in [1.807, 2.05) is 68.1 Å². The lowest BCUT2D eigenvalue weighted by Gasteiger charge is -2.27. The molecule has 1 aliphatic heterocycles. The zero-order valence-electron chi connectivity index (χ0n) is 17.3. The van der Waals surface area contributed by atoms with Gasteiger partial charge in [0.15, 0.2) is 0 Å². The second-order valence-corrected chi connectivity index (χ2v) is 8.89. The number of rotatable bonds is 3. The molecule has 30 heavy (non-hydrogen) atoms. The molecule has 4 nitrogen and oxygen atoms in total. The SMILES string of the molecule is Cc1cc(C)c(C#N)c(SC(C)C(=O)N2c3ccccc3CCc3ccccc32)n1. The number of hydrogen-bond donors (Lipinski definition) is 0. The Morgan fingerprint density at radius 2 is 1.63 bits per heavy atom. The maximum absolute atomic E-state index is 13.7. The molecule has 0 aliphatic carbocycles. The molecule has 4 rings (SSSR count). The summed E-state index contributed by atoms with van der Waals surface area (Å²) in [5, 5.41) is 9.81. The molecule has 0 saturated carbocycles. The van der Waals surface area contributed by atoms with E-state index in [1.165, 1.54) is 22.9 Å². The fraction of sp³-hybridized carbons (Fsp3) is 0.240. The van der Waals surface area contributed by atoms with Crippen LogP contribution >= 0.6 is 11.8 Å². The number of benzene rings is 2. The van der Waals surface area contributed by atoms with E-state index >= 15 is 0 Å². The molecule has 3 aromatic rings. The van der Waals surface area contributed by atoms with Crippen molar-refractivity contribution in [2.24, 2.45) is 0 Å². The van der Waals surface area contributed by atoms with Gasteiger partial charge in [0, 0.05) is 5.69 Å². The molecule has 1 aliphatic rings. The average molecular weight is 414 g/mol. The van der Waals surface area contributed by atoms with Crippen molar-refractivity contribution in [1.82, 2.24) is 4.98 Å². The first kappa shape index (κ1) is 20.2. The van der Waals surface area contributed by atoms with Gasteiger partial charge in [-0.2, -0.15) is 5.26 Å². The van der Waals surface area contributed by atoms with Crippen molar-refractivity contribution >= 4 is 29.0 Å². The molecule has 1 aromatic heterocycles. The maximum Gasteiger partial charge on any atom is 0.244 e. The summed E-state index contributed by atoms with van der Waals surface area (Å²) >= 11 is 1.36. The number of carbonyl (C=O) groups excluding carboxylic acids is 1. The summed E-state index contributed by atoms with van der Waals surface area (Å²) < 4.78 is 0. The predicted octanol–water partition coefficient (Wildman–Crippen LogP) is 5.51. The number of pyridine rings is 1. The molecule has 150 valence electrons. The van der Waals surface area contributed by atoms with Crippen LogP contribution in [0.1, 0.15) is 34.9 Å². The topological polar surface area (TPSA) is 57.0 Å². The fourth-order valence-corrected chi connectivity index (χ4v) is 5.00. The first-order chi connectivity index (χ1) is 14.5. The maximum atomic E-state index is 13.7. The molecule has 2 heterocycles. The normalized spacial score (nSPS) is 13.6. The van der Waals surface area contributed by atoms with Crippen LogP contribution in [0.4, 0.5) is 11.4 Å². The molecule has 0 saturated heterocycles. The van der Waals surface area contributed by atoms with E-state index in [1.54, 1.807) is 0 Å². The number of aryl methyl sites for hydroxylation is 4. The zero-order chi connectivity index (χ0) is 21.3. The highest BCUT2D eigenvalue weighted by atomic mass is 32.2. The number of anilines is 2. The van der Waals surface area contributed by atoms with Gasteiger partial charge in [0.25, 0.3) is 0 Å². The fourth-order valence-electron chi connectivity index (χ4n) is 3.94. The lowest BCUT2D eigenvalue weighted by atomic mass is 10.0. The van der Waals surface area contributed by atoms with Crippen LogP contribution in [0.3, 0.4) is 0 Å². The Labute approximate surface area is 181 Å². The van der Waals surface area contributed by atoms with E-state index in [4.69, 9.17) is 0 Å². The molecule has 0 N–H and O–H groups in total. The Balaban J connectivity index is 1.74. The van der Waals surface area contributed by atoms with Crippen molar-refractivity contribution < 1.29 is 4.79 Å². The largest absolute Gasteiger partial charge is 0.280 e. The molecule has 0 spiro atoms. The second kappa shape index (κ2) is 8.33. The number of nitriles is 1. The summed E-state index contributed by atoms with van der Waals surface area (Å²) in [4.78, 5) is 20.1. The Morgan fingerprint density at radius 1 is 1.07 bits per heavy atom. The molecule has 5 heteroatoms. The monoisotopic (exact) mass is 413 g/mol. The van der Waals surface area contributed by atoms with Crippen molar-refractivity contribution in [2.75, 3.05) is 4.90 Å². The lowest BCUT2D eigenvalue weighted by molar-refractivity contribution is -0.117. The summed E-state index contributed by atoms with van der Waals surface area (Å²) in [6.45, 7) is 5.71. The standard InChI is InChI=1S/C25H23N3OS/c1-16-14-17(2)27-24(21(16)15-26)30-18(3)25(29)28-22-10-6-4-8-19(22)12-13-20-9-5-7-11-23(20)28/h4-11,14,18H,12-13H2,1-3H3. The molecular weight excluding hydrogens is 390 g/mol. The van der Waals surface area contributed by atoms with Crippen LogP contribution in [0, 0.1) is 25.2 Å². The molecule has 1 unspecified atom stereocenters. The van der Waals surface area contributed by atoms with Gasteiger partial charge >= 0.3 is 0 Å². The highest BCUT2D eigenvalue weighted by molar-refractivity contribution is 8.00. The number of amides is 1. The second-order valence-electron chi connectivity index (χ2n) is 7.56. The molecule has 1 atom stereocenters. The molecule has 0 radical (unpaired) electrons. The van der Waals surface area contributed by atoms with Gasteiger partial charge in [-0.1, -0.05) is 48.2 Å². The van der Waals surface area contributed by atoms with Gasteiger partial charge in [-0.25, -0.2) is 4.98 Å². The highest BCUT2D eigenvalue weighted by Crippen LogP contribution is 2.38. The van der Waals surface area contributed by atoms with Crippen LogP contribution in [-0.4, -0.2) is 16.1 Å². The third kappa shape index (κ3) is 3.71. The summed E-state index contributed by atoms with van der Waals surface area (Å²) in [6.07, 6.45) is 1.80. The van der Waals surface area contributed by atoms with Gasteiger partial charge in [0.2, 0.25) is 5.91 Å². The third-order valence-corrected chi connectivity index (χ3v) is 6.48. The van der Waals surface area contributed by atoms with Crippen molar-refractivity contribution in [2.45, 2.75) is 43.9 Å². The first-order valence-corrected chi connectivity index (χ1v) is 10.9. The van der Waals surface area contributed by atoms with Gasteiger partial charge in [0.05, 0.1) is 22.2 Å². The first-order valence-electron chi connectivity index (χ1n) is 10.0. The smallest absolute Gasteiger partial charge is 0.244 e. The van der Waals surface area contributed by atoms with Crippen LogP contribution in [0.25, 0.3) is 0 Å². The van der Waals surface area contributed by atoms with Crippen molar-refractivity contribution in [3.63, 3.8) is 0 Å². The van der Waals surface area contributed by atoms with Crippen LogP contribution in [0.15, 0.2) is 59.6 Å². The summed E-state index contributed by atoms with van der Waals surface area (Å²) in [7, 11) is 0. The third-order valence-electron chi connectivity index (χ3n) is 5.41.